The number of piperidine rings is 2. The van der Waals surface area contributed by atoms with Crippen LogP contribution in [0.5, 0.6) is 0 Å². The molecule has 2 heterocycles. The Morgan fingerprint density at radius 2 is 1.64 bits per heavy atom. The first-order chi connectivity index (χ1) is 20.2. The fourth-order valence-electron chi connectivity index (χ4n) is 6.74. The van der Waals surface area contributed by atoms with Gasteiger partial charge in [-0.2, -0.15) is 0 Å². The van der Waals surface area contributed by atoms with Crippen LogP contribution >= 0.6 is 34.8 Å². The van der Waals surface area contributed by atoms with Gasteiger partial charge >= 0.3 is 0 Å². The molecule has 1 spiro atoms. The van der Waals surface area contributed by atoms with Crippen LogP contribution in [-0.4, -0.2) is 47.8 Å². The number of carbonyl (C=O) groups is 2. The molecule has 0 bridgehead atoms. The normalized spacial score (nSPS) is 20.0. The standard InChI is InChI=1S/C33H33Cl3FN3O2/c34-27-3-1-2-25(30(27)36)31(41)38-29-9-7-21-4-5-22(18-26(21)29)32(42)40-16-12-33(13-17-40)10-14-39(15-11-33)20-23-6-8-24(37)19-28(23)35/h1-6,8,18-19,29H,7,9-17,20H2,(H,38,41). The first kappa shape index (κ1) is 29.4. The number of amides is 2. The van der Waals surface area contributed by atoms with Gasteiger partial charge in [0.05, 0.1) is 21.7 Å². The molecule has 1 N–H and O–H groups in total. The second-order valence-electron chi connectivity index (χ2n) is 11.9. The highest BCUT2D eigenvalue weighted by Gasteiger charge is 2.39. The van der Waals surface area contributed by atoms with Gasteiger partial charge in [-0.3, -0.25) is 14.5 Å². The maximum Gasteiger partial charge on any atom is 0.253 e. The molecule has 3 aliphatic rings. The van der Waals surface area contributed by atoms with E-state index in [0.29, 0.717) is 21.2 Å². The third-order valence-corrected chi connectivity index (χ3v) is 10.6. The van der Waals surface area contributed by atoms with Crippen LogP contribution in [0.2, 0.25) is 15.1 Å². The molecule has 3 aromatic rings. The number of rotatable bonds is 5. The molecule has 2 aliphatic heterocycles. The van der Waals surface area contributed by atoms with Crippen molar-refractivity contribution in [2.75, 3.05) is 26.2 Å². The molecule has 1 aliphatic carbocycles. The Morgan fingerprint density at radius 3 is 2.38 bits per heavy atom. The quantitative estimate of drug-likeness (QED) is 0.315. The summed E-state index contributed by atoms with van der Waals surface area (Å²) in [5.41, 5.74) is 4.37. The van der Waals surface area contributed by atoms with Gasteiger partial charge < -0.3 is 10.2 Å². The summed E-state index contributed by atoms with van der Waals surface area (Å²) >= 11 is 18.6. The van der Waals surface area contributed by atoms with Crippen LogP contribution in [0, 0.1) is 11.2 Å². The van der Waals surface area contributed by atoms with E-state index in [9.17, 15) is 14.0 Å². The van der Waals surface area contributed by atoms with Crippen molar-refractivity contribution in [3.8, 4) is 0 Å². The van der Waals surface area contributed by atoms with Gasteiger partial charge in [-0.05, 0) is 110 Å². The maximum absolute atomic E-state index is 13.6. The molecule has 0 saturated carbocycles. The highest BCUT2D eigenvalue weighted by Crippen LogP contribution is 2.42. The molecule has 0 radical (unpaired) electrons. The zero-order chi connectivity index (χ0) is 29.4. The second-order valence-corrected chi connectivity index (χ2v) is 13.1. The summed E-state index contributed by atoms with van der Waals surface area (Å²) in [4.78, 5) is 30.9. The Kier molecular flexibility index (Phi) is 8.52. The average Bonchev–Trinajstić information content (AvgIpc) is 3.39. The molecule has 2 saturated heterocycles. The van der Waals surface area contributed by atoms with Crippen molar-refractivity contribution in [3.05, 3.63) is 103 Å². The third-order valence-electron chi connectivity index (χ3n) is 9.41. The van der Waals surface area contributed by atoms with Crippen molar-refractivity contribution in [1.29, 1.82) is 0 Å². The van der Waals surface area contributed by atoms with E-state index in [-0.39, 0.29) is 34.1 Å². The molecule has 0 aromatic heterocycles. The summed E-state index contributed by atoms with van der Waals surface area (Å²) in [6.45, 7) is 4.16. The van der Waals surface area contributed by atoms with E-state index < -0.39 is 0 Å². The molecule has 5 nitrogen and oxygen atoms in total. The van der Waals surface area contributed by atoms with Crippen molar-refractivity contribution in [1.82, 2.24) is 15.1 Å². The molecule has 2 amide bonds. The van der Waals surface area contributed by atoms with E-state index in [1.807, 2.05) is 23.1 Å². The minimum atomic E-state index is -0.312. The number of hydrogen-bond donors (Lipinski definition) is 1. The monoisotopic (exact) mass is 627 g/mol. The predicted octanol–water partition coefficient (Wildman–Crippen LogP) is 7.72. The van der Waals surface area contributed by atoms with Crippen molar-refractivity contribution < 1.29 is 14.0 Å². The topological polar surface area (TPSA) is 52.7 Å². The molecule has 3 aromatic carbocycles. The van der Waals surface area contributed by atoms with Crippen LogP contribution in [-0.2, 0) is 13.0 Å². The van der Waals surface area contributed by atoms with Gasteiger partial charge in [0.1, 0.15) is 5.82 Å². The van der Waals surface area contributed by atoms with Crippen molar-refractivity contribution >= 4 is 46.6 Å². The van der Waals surface area contributed by atoms with Gasteiger partial charge in [-0.25, -0.2) is 4.39 Å². The summed E-state index contributed by atoms with van der Waals surface area (Å²) in [5, 5.41) is 4.15. The highest BCUT2D eigenvalue weighted by molar-refractivity contribution is 6.43. The van der Waals surface area contributed by atoms with Crippen molar-refractivity contribution in [3.63, 3.8) is 0 Å². The number of fused-ring (bicyclic) bond motifs is 1. The molecular weight excluding hydrogens is 596 g/mol. The third kappa shape index (κ3) is 6.05. The molecule has 220 valence electrons. The van der Waals surface area contributed by atoms with Gasteiger partial charge in [0.2, 0.25) is 0 Å². The number of aryl methyl sites for hydroxylation is 1. The summed E-state index contributed by atoms with van der Waals surface area (Å²) in [7, 11) is 0. The summed E-state index contributed by atoms with van der Waals surface area (Å²) in [6.07, 6.45) is 5.78. The minimum Gasteiger partial charge on any atom is -0.345 e. The smallest absolute Gasteiger partial charge is 0.253 e. The Morgan fingerprint density at radius 1 is 0.905 bits per heavy atom. The molecule has 1 unspecified atom stereocenters. The Hall–Kier alpha value is -2.64. The predicted molar refractivity (Wildman–Crippen MR) is 165 cm³/mol. The van der Waals surface area contributed by atoms with Crippen LogP contribution < -0.4 is 5.32 Å². The number of nitrogens with one attached hydrogen (secondary N) is 1. The van der Waals surface area contributed by atoms with Gasteiger partial charge in [0.25, 0.3) is 11.8 Å². The Labute approximate surface area is 260 Å². The van der Waals surface area contributed by atoms with Crippen molar-refractivity contribution in [2.24, 2.45) is 5.41 Å². The molecule has 9 heteroatoms. The van der Waals surface area contributed by atoms with Crippen molar-refractivity contribution in [2.45, 2.75) is 51.1 Å². The van der Waals surface area contributed by atoms with E-state index in [4.69, 9.17) is 34.8 Å². The number of carbonyl (C=O) groups excluding carboxylic acids is 2. The second kappa shape index (κ2) is 12.2. The lowest BCUT2D eigenvalue weighted by Gasteiger charge is -2.47. The van der Waals surface area contributed by atoms with Crippen LogP contribution in [0.15, 0.2) is 54.6 Å². The molecule has 42 heavy (non-hydrogen) atoms. The van der Waals surface area contributed by atoms with Gasteiger partial charge in [0.15, 0.2) is 0 Å². The largest absolute Gasteiger partial charge is 0.345 e. The van der Waals surface area contributed by atoms with Gasteiger partial charge in [-0.15, -0.1) is 0 Å². The lowest BCUT2D eigenvalue weighted by atomic mass is 9.71. The van der Waals surface area contributed by atoms with Gasteiger partial charge in [-0.1, -0.05) is 53.0 Å². The molecule has 1 atom stereocenters. The van der Waals surface area contributed by atoms with E-state index in [1.54, 1.807) is 24.3 Å². The lowest BCUT2D eigenvalue weighted by Crippen LogP contribution is -2.48. The minimum absolute atomic E-state index is 0.0471. The number of halogens is 4. The average molecular weight is 629 g/mol. The summed E-state index contributed by atoms with van der Waals surface area (Å²) in [6, 6.07) is 15.4. The fraction of sp³-hybridized carbons (Fsp3) is 0.394. The van der Waals surface area contributed by atoms with Crippen LogP contribution in [0.25, 0.3) is 0 Å². The molecular formula is C33H33Cl3FN3O2. The Balaban J connectivity index is 1.05. The summed E-state index contributed by atoms with van der Waals surface area (Å²) in [5.74, 6) is -0.538. The lowest BCUT2D eigenvalue weighted by molar-refractivity contribution is 0.0285. The SMILES string of the molecule is O=C(NC1CCc2ccc(C(=O)N3CCC4(CCN(Cc5ccc(F)cc5Cl)CC4)CC3)cc21)c1cccc(Cl)c1Cl. The van der Waals surface area contributed by atoms with Gasteiger partial charge in [0, 0.05) is 30.2 Å². The number of hydrogen-bond acceptors (Lipinski definition) is 3. The van der Waals surface area contributed by atoms with Crippen LogP contribution in [0.3, 0.4) is 0 Å². The number of benzene rings is 3. The van der Waals surface area contributed by atoms with E-state index >= 15 is 0 Å². The number of nitrogens with zero attached hydrogens (tertiary/aromatic N) is 2. The fourth-order valence-corrected chi connectivity index (χ4v) is 7.36. The Bertz CT molecular complexity index is 1510. The van der Waals surface area contributed by atoms with E-state index in [2.05, 4.69) is 10.2 Å². The number of likely N-dealkylation sites (tertiary alicyclic amines) is 2. The zero-order valence-electron chi connectivity index (χ0n) is 23.3. The first-order valence-corrected chi connectivity index (χ1v) is 15.7. The van der Waals surface area contributed by atoms with E-state index in [0.717, 1.165) is 87.9 Å². The molecule has 2 fully saturated rings. The van der Waals surface area contributed by atoms with E-state index in [1.165, 1.54) is 12.1 Å². The van der Waals surface area contributed by atoms with Crippen LogP contribution in [0.1, 0.15) is 75.6 Å². The molecule has 6 rings (SSSR count). The highest BCUT2D eigenvalue weighted by atomic mass is 35.5. The summed E-state index contributed by atoms with van der Waals surface area (Å²) < 4.78 is 13.4. The first-order valence-electron chi connectivity index (χ1n) is 14.5. The maximum atomic E-state index is 13.6. The van der Waals surface area contributed by atoms with Crippen LogP contribution in [0.4, 0.5) is 4.39 Å². The zero-order valence-corrected chi connectivity index (χ0v) is 25.5.